The van der Waals surface area contributed by atoms with E-state index in [1.807, 2.05) is 0 Å². The molecule has 0 saturated heterocycles. The molecule has 1 aromatic heterocycles. The van der Waals surface area contributed by atoms with Gasteiger partial charge in [0.2, 0.25) is 0 Å². The molecule has 1 amide bonds. The number of non-ortho nitro benzene ring substituents is 1. The van der Waals surface area contributed by atoms with Gasteiger partial charge in [-0.15, -0.1) is 0 Å². The van der Waals surface area contributed by atoms with Crippen LogP contribution >= 0.6 is 11.3 Å². The molecule has 11 heteroatoms. The van der Waals surface area contributed by atoms with Crippen molar-refractivity contribution in [3.63, 3.8) is 0 Å². The first-order chi connectivity index (χ1) is 12.6. The highest BCUT2D eigenvalue weighted by molar-refractivity contribution is 7.15. The first kappa shape index (κ1) is 18.7. The number of benzene rings is 1. The lowest BCUT2D eigenvalue weighted by Gasteiger charge is -2.40. The van der Waals surface area contributed by atoms with E-state index in [-0.39, 0.29) is 22.0 Å². The highest BCUT2D eigenvalue weighted by Gasteiger charge is 2.46. The minimum atomic E-state index is -1.16. The summed E-state index contributed by atoms with van der Waals surface area (Å²) >= 11 is 0.811. The van der Waals surface area contributed by atoms with Gasteiger partial charge in [-0.25, -0.2) is 0 Å². The van der Waals surface area contributed by atoms with Gasteiger partial charge in [0.25, 0.3) is 11.6 Å². The Morgan fingerprint density at radius 1 is 1.22 bits per heavy atom. The summed E-state index contributed by atoms with van der Waals surface area (Å²) in [5, 5.41) is 34.9. The Bertz CT molecular complexity index is 923. The van der Waals surface area contributed by atoms with Crippen LogP contribution in [0.1, 0.15) is 35.1 Å². The smallest absolute Gasteiger partial charge is 0.328 e. The highest BCUT2D eigenvalue weighted by Crippen LogP contribution is 2.47. The van der Waals surface area contributed by atoms with Gasteiger partial charge in [-0.2, -0.15) is 0 Å². The van der Waals surface area contributed by atoms with Crippen molar-refractivity contribution >= 4 is 27.9 Å². The number of hydrogen-bond donors (Lipinski definition) is 2. The lowest BCUT2D eigenvalue weighted by atomic mass is 9.90. The van der Waals surface area contributed by atoms with Crippen LogP contribution < -0.4 is 10.1 Å². The van der Waals surface area contributed by atoms with Gasteiger partial charge >= 0.3 is 5.00 Å². The zero-order valence-electron chi connectivity index (χ0n) is 14.2. The number of rotatable bonds is 4. The van der Waals surface area contributed by atoms with Crippen molar-refractivity contribution in [1.29, 1.82) is 0 Å². The first-order valence-corrected chi connectivity index (χ1v) is 8.62. The molecular formula is C16H15N3O7S. The largest absolute Gasteiger partial charge is 0.484 e. The van der Waals surface area contributed by atoms with Crippen molar-refractivity contribution in [3.8, 4) is 5.75 Å². The third-order valence-corrected chi connectivity index (χ3v) is 5.35. The number of carbonyl (C=O) groups is 1. The number of carbonyl (C=O) groups excluding carboxylic acids is 1. The van der Waals surface area contributed by atoms with E-state index < -0.39 is 33.5 Å². The molecule has 10 nitrogen and oxygen atoms in total. The van der Waals surface area contributed by atoms with Crippen LogP contribution in [0.25, 0.3) is 0 Å². The van der Waals surface area contributed by atoms with Crippen LogP contribution in [0.15, 0.2) is 30.3 Å². The summed E-state index contributed by atoms with van der Waals surface area (Å²) in [7, 11) is 0. The van der Waals surface area contributed by atoms with E-state index in [1.54, 1.807) is 13.8 Å². The Morgan fingerprint density at radius 2 is 1.85 bits per heavy atom. The van der Waals surface area contributed by atoms with Gasteiger partial charge in [-0.05, 0) is 26.0 Å². The zero-order chi connectivity index (χ0) is 19.9. The number of aliphatic hydroxyl groups excluding tert-OH is 1. The maximum absolute atomic E-state index is 12.5. The number of aliphatic hydroxyl groups is 1. The Labute approximate surface area is 156 Å². The average molecular weight is 393 g/mol. The molecule has 1 aliphatic heterocycles. The van der Waals surface area contributed by atoms with Crippen LogP contribution in [0, 0.1) is 20.2 Å². The zero-order valence-corrected chi connectivity index (χ0v) is 15.1. The van der Waals surface area contributed by atoms with Crippen LogP contribution in [-0.4, -0.2) is 32.6 Å². The molecule has 0 fully saturated rings. The molecule has 0 radical (unpaired) electrons. The molecule has 1 aliphatic rings. The van der Waals surface area contributed by atoms with Crippen molar-refractivity contribution < 1.29 is 24.5 Å². The lowest BCUT2D eigenvalue weighted by Crippen LogP contribution is -2.53. The molecule has 0 spiro atoms. The SMILES string of the molecule is CC1(C)Oc2cc([N+](=O)[O-])sc2[C@@H](NC(=O)c2ccc([N+](=O)[O-])cc2)[C@@H]1O. The topological polar surface area (TPSA) is 145 Å². The molecule has 2 atom stereocenters. The summed E-state index contributed by atoms with van der Waals surface area (Å²) in [6, 6.07) is 5.31. The molecular weight excluding hydrogens is 378 g/mol. The molecule has 3 rings (SSSR count). The predicted molar refractivity (Wildman–Crippen MR) is 95.0 cm³/mol. The number of fused-ring (bicyclic) bond motifs is 1. The summed E-state index contributed by atoms with van der Waals surface area (Å²) in [6.07, 6.45) is -1.16. The maximum Gasteiger partial charge on any atom is 0.328 e. The number of hydrogen-bond acceptors (Lipinski definition) is 8. The van der Waals surface area contributed by atoms with E-state index in [0.29, 0.717) is 4.88 Å². The number of nitro benzene ring substituents is 1. The van der Waals surface area contributed by atoms with E-state index in [9.17, 15) is 30.1 Å². The normalized spacial score (nSPS) is 20.3. The van der Waals surface area contributed by atoms with Crippen molar-refractivity contribution in [1.82, 2.24) is 5.32 Å². The second-order valence-electron chi connectivity index (χ2n) is 6.48. The van der Waals surface area contributed by atoms with Gasteiger partial charge in [-0.1, -0.05) is 11.3 Å². The monoisotopic (exact) mass is 393 g/mol. The molecule has 0 unspecified atom stereocenters. The molecule has 27 heavy (non-hydrogen) atoms. The quantitative estimate of drug-likeness (QED) is 0.600. The standard InChI is InChI=1S/C16H15N3O7S/c1-16(2)14(20)12(13-10(26-16)7-11(27-13)19(24)25)17-15(21)8-3-5-9(6-4-8)18(22)23/h3-7,12,14,20H,1-2H3,(H,17,21)/t12-,14+/m1/s1. The van der Waals surface area contributed by atoms with E-state index >= 15 is 0 Å². The van der Waals surface area contributed by atoms with Crippen molar-refractivity contribution in [2.45, 2.75) is 31.6 Å². The fourth-order valence-electron chi connectivity index (χ4n) is 2.75. The minimum Gasteiger partial charge on any atom is -0.484 e. The van der Waals surface area contributed by atoms with Gasteiger partial charge < -0.3 is 15.2 Å². The number of thiophene rings is 1. The van der Waals surface area contributed by atoms with Crippen LogP contribution in [0.5, 0.6) is 5.75 Å². The fourth-order valence-corrected chi connectivity index (χ4v) is 3.74. The summed E-state index contributed by atoms with van der Waals surface area (Å²) in [6.45, 7) is 3.21. The summed E-state index contributed by atoms with van der Waals surface area (Å²) < 4.78 is 5.65. The number of nitrogens with zero attached hydrogens (tertiary/aromatic N) is 2. The number of amides is 1. The summed E-state index contributed by atoms with van der Waals surface area (Å²) in [5.41, 5.74) is -1.09. The molecule has 142 valence electrons. The van der Waals surface area contributed by atoms with Crippen molar-refractivity contribution in [2.24, 2.45) is 0 Å². The number of nitro groups is 2. The van der Waals surface area contributed by atoms with Crippen LogP contribution in [0.2, 0.25) is 0 Å². The van der Waals surface area contributed by atoms with Crippen LogP contribution in [0.4, 0.5) is 10.7 Å². The second kappa shape index (κ2) is 6.59. The summed E-state index contributed by atoms with van der Waals surface area (Å²) in [4.78, 5) is 33.5. The highest BCUT2D eigenvalue weighted by atomic mass is 32.1. The van der Waals surface area contributed by atoms with E-state index in [2.05, 4.69) is 5.32 Å². The Balaban J connectivity index is 1.91. The van der Waals surface area contributed by atoms with Gasteiger partial charge in [-0.3, -0.25) is 25.0 Å². The van der Waals surface area contributed by atoms with Gasteiger partial charge in [0.05, 0.1) is 26.8 Å². The van der Waals surface area contributed by atoms with Crippen LogP contribution in [-0.2, 0) is 0 Å². The van der Waals surface area contributed by atoms with Gasteiger partial charge in [0, 0.05) is 17.7 Å². The summed E-state index contributed by atoms with van der Waals surface area (Å²) in [5.74, 6) is -0.343. The molecule has 0 aliphatic carbocycles. The number of nitrogens with one attached hydrogen (secondary N) is 1. The third kappa shape index (κ3) is 3.46. The minimum absolute atomic E-state index is 0.157. The average Bonchev–Trinajstić information content (AvgIpc) is 3.02. The first-order valence-electron chi connectivity index (χ1n) is 7.80. The molecule has 2 heterocycles. The fraction of sp³-hybridized carbons (Fsp3) is 0.312. The molecule has 2 N–H and O–H groups in total. The number of ether oxygens (including phenoxy) is 1. The molecule has 2 aromatic rings. The lowest BCUT2D eigenvalue weighted by molar-refractivity contribution is -0.384. The van der Waals surface area contributed by atoms with Crippen molar-refractivity contribution in [2.75, 3.05) is 0 Å². The molecule has 0 saturated carbocycles. The Morgan fingerprint density at radius 3 is 2.41 bits per heavy atom. The van der Waals surface area contributed by atoms with E-state index in [4.69, 9.17) is 4.74 Å². The van der Waals surface area contributed by atoms with E-state index in [0.717, 1.165) is 11.3 Å². The Hall–Kier alpha value is -3.05. The van der Waals surface area contributed by atoms with E-state index in [1.165, 1.54) is 30.3 Å². The van der Waals surface area contributed by atoms with Crippen molar-refractivity contribution in [3.05, 3.63) is 61.0 Å². The molecule has 1 aromatic carbocycles. The third-order valence-electron chi connectivity index (χ3n) is 4.20. The second-order valence-corrected chi connectivity index (χ2v) is 7.54. The van der Waals surface area contributed by atoms with Gasteiger partial charge in [0.1, 0.15) is 17.5 Å². The molecule has 0 bridgehead atoms. The Kier molecular flexibility index (Phi) is 4.57. The van der Waals surface area contributed by atoms with Gasteiger partial charge in [0.15, 0.2) is 0 Å². The predicted octanol–water partition coefficient (Wildman–Crippen LogP) is 2.57. The maximum atomic E-state index is 12.5. The van der Waals surface area contributed by atoms with Crippen LogP contribution in [0.3, 0.4) is 0 Å².